The van der Waals surface area contributed by atoms with E-state index in [1.165, 1.54) is 12.0 Å². The molecule has 1 aromatic rings. The van der Waals surface area contributed by atoms with Crippen molar-refractivity contribution in [3.63, 3.8) is 0 Å². The Morgan fingerprint density at radius 3 is 2.36 bits per heavy atom. The Hall–Kier alpha value is -0.480. The molecule has 0 aliphatic carbocycles. The number of para-hydroxylation sites is 1. The summed E-state index contributed by atoms with van der Waals surface area (Å²) in [6.07, 6.45) is 1.18. The first-order chi connectivity index (χ1) is 9.72. The molecule has 1 aromatic carbocycles. The van der Waals surface area contributed by atoms with Crippen molar-refractivity contribution in [1.29, 1.82) is 0 Å². The molecule has 128 valence electrons. The molecule has 1 N–H and O–H groups in total. The van der Waals surface area contributed by atoms with Gasteiger partial charge in [0, 0.05) is 37.8 Å². The molecule has 1 heterocycles. The third-order valence-electron chi connectivity index (χ3n) is 3.86. The van der Waals surface area contributed by atoms with Crippen LogP contribution in [0.5, 0.6) is 5.75 Å². The lowest BCUT2D eigenvalue weighted by Gasteiger charge is -2.36. The van der Waals surface area contributed by atoms with Crippen molar-refractivity contribution >= 4 is 24.8 Å². The van der Waals surface area contributed by atoms with E-state index in [9.17, 15) is 0 Å². The maximum absolute atomic E-state index is 5.85. The first kappa shape index (κ1) is 21.5. The molecule has 0 amide bonds. The SMILES string of the molecule is CCOc1ccccc1[C@H](CC(C)C)N1CCNCC1.Cl.Cl. The Kier molecular flexibility index (Phi) is 10.9. The second-order valence-corrected chi connectivity index (χ2v) is 5.90. The van der Waals surface area contributed by atoms with Crippen LogP contribution in [0, 0.1) is 5.92 Å². The highest BCUT2D eigenvalue weighted by Gasteiger charge is 2.25. The molecule has 5 heteroatoms. The maximum Gasteiger partial charge on any atom is 0.124 e. The Bertz CT molecular complexity index is 409. The smallest absolute Gasteiger partial charge is 0.124 e. The Balaban J connectivity index is 0.00000220. The first-order valence-electron chi connectivity index (χ1n) is 7.88. The van der Waals surface area contributed by atoms with Crippen molar-refractivity contribution in [3.05, 3.63) is 29.8 Å². The van der Waals surface area contributed by atoms with E-state index in [1.54, 1.807) is 0 Å². The summed E-state index contributed by atoms with van der Waals surface area (Å²) in [6.45, 7) is 11.8. The van der Waals surface area contributed by atoms with Gasteiger partial charge in [-0.15, -0.1) is 24.8 Å². The quantitative estimate of drug-likeness (QED) is 0.842. The Morgan fingerprint density at radius 2 is 1.77 bits per heavy atom. The molecular formula is C17H30Cl2N2O. The largest absolute Gasteiger partial charge is 0.494 e. The zero-order valence-electron chi connectivity index (χ0n) is 13.9. The topological polar surface area (TPSA) is 24.5 Å². The summed E-state index contributed by atoms with van der Waals surface area (Å²) < 4.78 is 5.85. The molecule has 0 bridgehead atoms. The third kappa shape index (κ3) is 5.96. The number of hydrogen-bond donors (Lipinski definition) is 1. The number of nitrogens with zero attached hydrogens (tertiary/aromatic N) is 1. The molecule has 0 radical (unpaired) electrons. The van der Waals surface area contributed by atoms with Crippen LogP contribution in [0.15, 0.2) is 24.3 Å². The molecule has 1 aliphatic rings. The van der Waals surface area contributed by atoms with E-state index < -0.39 is 0 Å². The van der Waals surface area contributed by atoms with Crippen molar-refractivity contribution in [1.82, 2.24) is 10.2 Å². The van der Waals surface area contributed by atoms with Crippen molar-refractivity contribution in [2.24, 2.45) is 5.92 Å². The van der Waals surface area contributed by atoms with Crippen LogP contribution in [-0.2, 0) is 0 Å². The highest BCUT2D eigenvalue weighted by atomic mass is 35.5. The summed E-state index contributed by atoms with van der Waals surface area (Å²) in [5.74, 6) is 1.74. The van der Waals surface area contributed by atoms with Crippen LogP contribution >= 0.6 is 24.8 Å². The number of ether oxygens (including phenoxy) is 1. The van der Waals surface area contributed by atoms with E-state index in [4.69, 9.17) is 4.74 Å². The highest BCUT2D eigenvalue weighted by Crippen LogP contribution is 2.34. The number of benzene rings is 1. The van der Waals surface area contributed by atoms with Gasteiger partial charge in [-0.05, 0) is 25.3 Å². The average molecular weight is 349 g/mol. The number of halogens is 2. The highest BCUT2D eigenvalue weighted by molar-refractivity contribution is 5.85. The molecule has 1 saturated heterocycles. The molecule has 3 nitrogen and oxygen atoms in total. The van der Waals surface area contributed by atoms with Crippen LogP contribution in [-0.4, -0.2) is 37.7 Å². The molecule has 0 unspecified atom stereocenters. The summed E-state index contributed by atoms with van der Waals surface area (Å²) in [4.78, 5) is 2.61. The average Bonchev–Trinajstić information content (AvgIpc) is 2.47. The molecule has 1 fully saturated rings. The lowest BCUT2D eigenvalue weighted by molar-refractivity contribution is 0.150. The van der Waals surface area contributed by atoms with E-state index in [1.807, 2.05) is 0 Å². The van der Waals surface area contributed by atoms with E-state index in [-0.39, 0.29) is 24.8 Å². The van der Waals surface area contributed by atoms with Gasteiger partial charge in [0.05, 0.1) is 6.61 Å². The minimum Gasteiger partial charge on any atom is -0.494 e. The van der Waals surface area contributed by atoms with Crippen LogP contribution in [0.1, 0.15) is 38.8 Å². The van der Waals surface area contributed by atoms with Gasteiger partial charge in [0.2, 0.25) is 0 Å². The van der Waals surface area contributed by atoms with Crippen LogP contribution in [0.25, 0.3) is 0 Å². The Labute approximate surface area is 147 Å². The predicted molar refractivity (Wildman–Crippen MR) is 98.7 cm³/mol. The van der Waals surface area contributed by atoms with Gasteiger partial charge in [-0.1, -0.05) is 32.0 Å². The zero-order valence-corrected chi connectivity index (χ0v) is 15.5. The monoisotopic (exact) mass is 348 g/mol. The van der Waals surface area contributed by atoms with E-state index in [2.05, 4.69) is 55.3 Å². The van der Waals surface area contributed by atoms with Crippen molar-refractivity contribution < 1.29 is 4.74 Å². The lowest BCUT2D eigenvalue weighted by atomic mass is 9.94. The van der Waals surface area contributed by atoms with Gasteiger partial charge in [-0.3, -0.25) is 4.90 Å². The number of piperazine rings is 1. The van der Waals surface area contributed by atoms with E-state index in [0.717, 1.165) is 38.5 Å². The van der Waals surface area contributed by atoms with Crippen molar-refractivity contribution in [2.75, 3.05) is 32.8 Å². The Morgan fingerprint density at radius 1 is 1.14 bits per heavy atom. The zero-order chi connectivity index (χ0) is 14.4. The van der Waals surface area contributed by atoms with Gasteiger partial charge in [0.25, 0.3) is 0 Å². The molecule has 22 heavy (non-hydrogen) atoms. The van der Waals surface area contributed by atoms with Gasteiger partial charge >= 0.3 is 0 Å². The second-order valence-electron chi connectivity index (χ2n) is 5.90. The standard InChI is InChI=1S/C17H28N2O.2ClH/c1-4-20-17-8-6-5-7-15(17)16(13-14(2)3)19-11-9-18-10-12-19;;/h5-8,14,16,18H,4,9-13H2,1-3H3;2*1H/t16-;;/m0../s1. The number of nitrogens with one attached hydrogen (secondary N) is 1. The van der Waals surface area contributed by atoms with Crippen LogP contribution in [0.4, 0.5) is 0 Å². The molecule has 0 aromatic heterocycles. The normalized spacial score (nSPS) is 16.5. The summed E-state index contributed by atoms with van der Waals surface area (Å²) >= 11 is 0. The van der Waals surface area contributed by atoms with Crippen LogP contribution in [0.3, 0.4) is 0 Å². The molecule has 0 saturated carbocycles. The second kappa shape index (κ2) is 11.1. The first-order valence-corrected chi connectivity index (χ1v) is 7.88. The predicted octanol–water partition coefficient (Wildman–Crippen LogP) is 3.92. The molecule has 1 aliphatic heterocycles. The molecule has 1 atom stereocenters. The summed E-state index contributed by atoms with van der Waals surface area (Å²) in [7, 11) is 0. The summed E-state index contributed by atoms with van der Waals surface area (Å²) in [5.41, 5.74) is 1.35. The molecule has 0 spiro atoms. The van der Waals surface area contributed by atoms with Gasteiger partial charge in [-0.25, -0.2) is 0 Å². The maximum atomic E-state index is 5.85. The minimum atomic E-state index is 0. The molecular weight excluding hydrogens is 319 g/mol. The third-order valence-corrected chi connectivity index (χ3v) is 3.86. The fourth-order valence-corrected chi connectivity index (χ4v) is 2.96. The van der Waals surface area contributed by atoms with Gasteiger partial charge in [0.15, 0.2) is 0 Å². The summed E-state index contributed by atoms with van der Waals surface area (Å²) in [5, 5.41) is 3.44. The van der Waals surface area contributed by atoms with Crippen LogP contribution < -0.4 is 10.1 Å². The van der Waals surface area contributed by atoms with E-state index >= 15 is 0 Å². The fourth-order valence-electron chi connectivity index (χ4n) is 2.96. The van der Waals surface area contributed by atoms with Gasteiger partial charge in [-0.2, -0.15) is 0 Å². The van der Waals surface area contributed by atoms with Gasteiger partial charge in [0.1, 0.15) is 5.75 Å². The fraction of sp³-hybridized carbons (Fsp3) is 0.647. The number of rotatable bonds is 6. The minimum absolute atomic E-state index is 0. The van der Waals surface area contributed by atoms with Crippen molar-refractivity contribution in [2.45, 2.75) is 33.2 Å². The number of hydrogen-bond acceptors (Lipinski definition) is 3. The van der Waals surface area contributed by atoms with E-state index in [0.29, 0.717) is 12.0 Å². The summed E-state index contributed by atoms with van der Waals surface area (Å²) in [6, 6.07) is 9.01. The van der Waals surface area contributed by atoms with Crippen molar-refractivity contribution in [3.8, 4) is 5.75 Å². The van der Waals surface area contributed by atoms with Crippen LogP contribution in [0.2, 0.25) is 0 Å². The lowest BCUT2D eigenvalue weighted by Crippen LogP contribution is -2.45. The molecule has 2 rings (SSSR count). The van der Waals surface area contributed by atoms with Gasteiger partial charge < -0.3 is 10.1 Å².